The number of nitrogens with zero attached hydrogens (tertiary/aromatic N) is 1. The molecule has 0 unspecified atom stereocenters. The number of aromatic amines is 1. The number of aromatic nitrogens is 2. The minimum atomic E-state index is -0.370. The first kappa shape index (κ1) is 17.4. The number of benzene rings is 2. The van der Waals surface area contributed by atoms with Crippen molar-refractivity contribution in [3.63, 3.8) is 0 Å². The highest BCUT2D eigenvalue weighted by atomic mass is 32.1. The zero-order chi connectivity index (χ0) is 19.8. The molecule has 0 aliphatic rings. The van der Waals surface area contributed by atoms with E-state index in [2.05, 4.69) is 15.3 Å². The van der Waals surface area contributed by atoms with Gasteiger partial charge in [0, 0.05) is 5.39 Å². The highest BCUT2D eigenvalue weighted by Gasteiger charge is 2.13. The van der Waals surface area contributed by atoms with Gasteiger partial charge in [0.15, 0.2) is 10.8 Å². The first-order valence-corrected chi connectivity index (χ1v) is 9.84. The fourth-order valence-electron chi connectivity index (χ4n) is 3.16. The summed E-state index contributed by atoms with van der Waals surface area (Å²) in [6, 6.07) is 20.4. The summed E-state index contributed by atoms with van der Waals surface area (Å²) in [5.41, 5.74) is 0.857. The number of fused-ring (bicyclic) bond motifs is 2. The third-order valence-corrected chi connectivity index (χ3v) is 5.64. The molecule has 0 saturated carbocycles. The van der Waals surface area contributed by atoms with Gasteiger partial charge in [-0.15, -0.1) is 11.3 Å². The van der Waals surface area contributed by atoms with E-state index < -0.39 is 0 Å². The maximum Gasteiger partial charge on any atom is 0.268 e. The van der Waals surface area contributed by atoms with Crippen molar-refractivity contribution >= 4 is 38.2 Å². The third-order valence-electron chi connectivity index (χ3n) is 4.59. The number of hydrogen-bond acceptors (Lipinski definition) is 5. The van der Waals surface area contributed by atoms with Crippen molar-refractivity contribution in [3.8, 4) is 10.8 Å². The molecule has 0 fully saturated rings. The Morgan fingerprint density at radius 2 is 1.90 bits per heavy atom. The fraction of sp³-hybridized carbons (Fsp3) is 0.0455. The van der Waals surface area contributed by atoms with Gasteiger partial charge in [0.05, 0.1) is 16.8 Å². The summed E-state index contributed by atoms with van der Waals surface area (Å²) >= 11 is 1.56. The Morgan fingerprint density at radius 3 is 2.79 bits per heavy atom. The second kappa shape index (κ2) is 7.03. The van der Waals surface area contributed by atoms with Crippen molar-refractivity contribution in [3.05, 3.63) is 88.5 Å². The molecule has 5 rings (SSSR count). The lowest BCUT2D eigenvalue weighted by Gasteiger charge is -2.05. The summed E-state index contributed by atoms with van der Waals surface area (Å²) in [4.78, 5) is 31.8. The summed E-state index contributed by atoms with van der Waals surface area (Å²) in [7, 11) is 0. The number of carbonyl (C=O) groups excluding carboxylic acids is 1. The maximum atomic E-state index is 12.5. The van der Waals surface area contributed by atoms with Gasteiger partial charge in [0.2, 0.25) is 0 Å². The number of H-pyrrole nitrogens is 1. The van der Waals surface area contributed by atoms with E-state index in [1.165, 1.54) is 0 Å². The molecule has 5 aromatic rings. The summed E-state index contributed by atoms with van der Waals surface area (Å²) in [6.07, 6.45) is 0. The molecule has 0 aliphatic carbocycles. The molecule has 7 heteroatoms. The maximum absolute atomic E-state index is 12.5. The van der Waals surface area contributed by atoms with Gasteiger partial charge < -0.3 is 14.7 Å². The molecule has 6 nitrogen and oxygen atoms in total. The van der Waals surface area contributed by atoms with E-state index in [4.69, 9.17) is 4.42 Å². The van der Waals surface area contributed by atoms with Gasteiger partial charge in [-0.05, 0) is 41.8 Å². The topological polar surface area (TPSA) is 88.0 Å². The van der Waals surface area contributed by atoms with Crippen LogP contribution >= 0.6 is 11.3 Å². The Balaban J connectivity index is 1.33. The molecule has 3 heterocycles. The first-order valence-electron chi connectivity index (χ1n) is 9.02. The van der Waals surface area contributed by atoms with Crippen molar-refractivity contribution in [2.24, 2.45) is 0 Å². The molecule has 3 aromatic heterocycles. The van der Waals surface area contributed by atoms with E-state index in [1.807, 2.05) is 42.5 Å². The van der Waals surface area contributed by atoms with E-state index in [1.54, 1.807) is 35.6 Å². The van der Waals surface area contributed by atoms with Gasteiger partial charge in [-0.1, -0.05) is 30.3 Å². The Kier molecular flexibility index (Phi) is 4.22. The summed E-state index contributed by atoms with van der Waals surface area (Å²) < 4.78 is 6.93. The molecule has 29 heavy (non-hydrogen) atoms. The van der Waals surface area contributed by atoms with Crippen molar-refractivity contribution in [2.75, 3.05) is 0 Å². The van der Waals surface area contributed by atoms with Crippen molar-refractivity contribution in [2.45, 2.75) is 6.54 Å². The van der Waals surface area contributed by atoms with Crippen LogP contribution in [0, 0.1) is 0 Å². The number of rotatable bonds is 4. The zero-order valence-corrected chi connectivity index (χ0v) is 16.0. The number of hydrogen-bond donors (Lipinski definition) is 2. The number of thiazole rings is 1. The lowest BCUT2D eigenvalue weighted by atomic mass is 10.1. The zero-order valence-electron chi connectivity index (χ0n) is 15.1. The highest BCUT2D eigenvalue weighted by Crippen LogP contribution is 2.31. The monoisotopic (exact) mass is 401 g/mol. The molecule has 0 radical (unpaired) electrons. The molecule has 142 valence electrons. The van der Waals surface area contributed by atoms with Crippen molar-refractivity contribution in [1.29, 1.82) is 0 Å². The number of para-hydroxylation sites is 1. The number of nitrogens with one attached hydrogen (secondary N) is 2. The molecular weight excluding hydrogens is 386 g/mol. The Labute approximate surface area is 168 Å². The minimum absolute atomic E-state index is 0.207. The van der Waals surface area contributed by atoms with E-state index in [-0.39, 0.29) is 23.7 Å². The van der Waals surface area contributed by atoms with Crippen molar-refractivity contribution < 1.29 is 9.21 Å². The Bertz CT molecular complexity index is 1380. The lowest BCUT2D eigenvalue weighted by Crippen LogP contribution is -2.25. The van der Waals surface area contributed by atoms with Crippen LogP contribution in [0.2, 0.25) is 0 Å². The summed E-state index contributed by atoms with van der Waals surface area (Å²) in [5, 5.41) is 4.84. The van der Waals surface area contributed by atoms with Gasteiger partial charge >= 0.3 is 0 Å². The van der Waals surface area contributed by atoms with Crippen molar-refractivity contribution in [1.82, 2.24) is 15.3 Å². The predicted molar refractivity (Wildman–Crippen MR) is 113 cm³/mol. The van der Waals surface area contributed by atoms with E-state index in [0.29, 0.717) is 16.9 Å². The van der Waals surface area contributed by atoms with Crippen LogP contribution in [-0.4, -0.2) is 15.9 Å². The Hall–Kier alpha value is -3.71. The van der Waals surface area contributed by atoms with E-state index >= 15 is 0 Å². The highest BCUT2D eigenvalue weighted by molar-refractivity contribution is 7.21. The van der Waals surface area contributed by atoms with Crippen LogP contribution in [0.15, 0.2) is 75.9 Å². The molecule has 0 bridgehead atoms. The SMILES string of the molecule is O=C(NCc1ccc(-c2nc3ccccc3s2)o1)c1cc2ccccc2c(=O)[nH]1. The normalized spacial score (nSPS) is 11.2. The Morgan fingerprint density at radius 1 is 1.07 bits per heavy atom. The quantitative estimate of drug-likeness (QED) is 0.469. The van der Waals surface area contributed by atoms with Crippen LogP contribution in [0.5, 0.6) is 0 Å². The van der Waals surface area contributed by atoms with Crippen LogP contribution in [0.4, 0.5) is 0 Å². The molecule has 1 amide bonds. The number of amides is 1. The minimum Gasteiger partial charge on any atom is -0.457 e. The van der Waals surface area contributed by atoms with Crippen LogP contribution in [0.1, 0.15) is 16.2 Å². The van der Waals surface area contributed by atoms with E-state index in [9.17, 15) is 9.59 Å². The molecule has 2 N–H and O–H groups in total. The molecule has 0 spiro atoms. The van der Waals surface area contributed by atoms with Gasteiger partial charge in [-0.3, -0.25) is 9.59 Å². The molecule has 2 aromatic carbocycles. The average molecular weight is 401 g/mol. The molecular formula is C22H15N3O3S. The number of pyridine rings is 1. The largest absolute Gasteiger partial charge is 0.457 e. The second-order valence-electron chi connectivity index (χ2n) is 6.53. The van der Waals surface area contributed by atoms with Crippen LogP contribution in [0.25, 0.3) is 31.8 Å². The molecule has 0 atom stereocenters. The first-order chi connectivity index (χ1) is 14.2. The molecule has 0 saturated heterocycles. The standard InChI is InChI=1S/C22H15N3O3S/c26-20-15-6-2-1-5-13(15)11-17(24-20)21(27)23-12-14-9-10-18(28-14)22-25-16-7-3-4-8-19(16)29-22/h1-11H,12H2,(H,23,27)(H,24,26). The van der Waals surface area contributed by atoms with Crippen LogP contribution in [-0.2, 0) is 6.54 Å². The van der Waals surface area contributed by atoms with Gasteiger partial charge in [-0.25, -0.2) is 4.98 Å². The lowest BCUT2D eigenvalue weighted by molar-refractivity contribution is 0.0943. The third kappa shape index (κ3) is 3.32. The smallest absolute Gasteiger partial charge is 0.268 e. The number of carbonyl (C=O) groups is 1. The van der Waals surface area contributed by atoms with Gasteiger partial charge in [0.1, 0.15) is 11.5 Å². The predicted octanol–water partition coefficient (Wildman–Crippen LogP) is 4.33. The molecule has 0 aliphatic heterocycles. The second-order valence-corrected chi connectivity index (χ2v) is 7.57. The van der Waals surface area contributed by atoms with E-state index in [0.717, 1.165) is 20.6 Å². The summed E-state index contributed by atoms with van der Waals surface area (Å²) in [5.74, 6) is 0.899. The average Bonchev–Trinajstić information content (AvgIpc) is 3.38. The number of furan rings is 1. The summed E-state index contributed by atoms with van der Waals surface area (Å²) in [6.45, 7) is 0.207. The van der Waals surface area contributed by atoms with Gasteiger partial charge in [-0.2, -0.15) is 0 Å². The van der Waals surface area contributed by atoms with Crippen LogP contribution < -0.4 is 10.9 Å². The fourth-order valence-corrected chi connectivity index (χ4v) is 4.09. The van der Waals surface area contributed by atoms with Gasteiger partial charge in [0.25, 0.3) is 11.5 Å². The van der Waals surface area contributed by atoms with Crippen LogP contribution in [0.3, 0.4) is 0 Å².